The first kappa shape index (κ1) is 44.8. The van der Waals surface area contributed by atoms with E-state index in [1.54, 1.807) is 70.7 Å². The van der Waals surface area contributed by atoms with Crippen LogP contribution in [0.1, 0.15) is 83.3 Å². The SMILES string of the molecule is CC(C)(C)OC(=O)N1CCC(Nc2cccc3c2cc(C#CCN(C(=O)OC(C)(C)C)c2ccc(C(=O)NCCCCOS(C)(=O)=O)cc2)n3CC(F)(F)F)CC1. The van der Waals surface area contributed by atoms with Crippen molar-refractivity contribution in [2.24, 2.45) is 0 Å². The molecule has 57 heavy (non-hydrogen) atoms. The van der Waals surface area contributed by atoms with Gasteiger partial charge in [0.05, 0.1) is 30.6 Å². The lowest BCUT2D eigenvalue weighted by molar-refractivity contribution is -0.140. The first-order valence-electron chi connectivity index (χ1n) is 18.6. The van der Waals surface area contributed by atoms with Crippen LogP contribution in [0.15, 0.2) is 48.5 Å². The molecular weight excluding hydrogens is 768 g/mol. The fraction of sp³-hybridized carbons (Fsp3) is 0.525. The minimum atomic E-state index is -4.55. The molecule has 3 amide bonds. The number of hydrogen-bond donors (Lipinski definition) is 2. The maximum atomic E-state index is 13.9. The van der Waals surface area contributed by atoms with Crippen LogP contribution in [0.4, 0.5) is 34.1 Å². The van der Waals surface area contributed by atoms with E-state index < -0.39 is 40.1 Å². The van der Waals surface area contributed by atoms with Crippen LogP contribution in [0.25, 0.3) is 10.9 Å². The lowest BCUT2D eigenvalue weighted by atomic mass is 10.0. The quantitative estimate of drug-likeness (QED) is 0.109. The summed E-state index contributed by atoms with van der Waals surface area (Å²) >= 11 is 0. The first-order chi connectivity index (χ1) is 26.5. The number of amides is 3. The van der Waals surface area contributed by atoms with Crippen LogP contribution < -0.4 is 15.5 Å². The molecule has 1 saturated heterocycles. The number of hydrogen-bond acceptors (Lipinski definition) is 9. The number of ether oxygens (including phenoxy) is 2. The second kappa shape index (κ2) is 18.5. The number of rotatable bonds is 12. The molecule has 4 rings (SSSR count). The third kappa shape index (κ3) is 14.5. The third-order valence-electron chi connectivity index (χ3n) is 8.45. The van der Waals surface area contributed by atoms with Crippen molar-refractivity contribution in [3.8, 4) is 11.8 Å². The summed E-state index contributed by atoms with van der Waals surface area (Å²) in [7, 11) is -3.53. The van der Waals surface area contributed by atoms with Crippen LogP contribution in [0.3, 0.4) is 0 Å². The number of piperidine rings is 1. The number of aromatic nitrogens is 1. The molecule has 0 aliphatic carbocycles. The molecule has 0 atom stereocenters. The summed E-state index contributed by atoms with van der Waals surface area (Å²) in [6.45, 7) is 10.2. The van der Waals surface area contributed by atoms with Gasteiger partial charge in [-0.2, -0.15) is 21.6 Å². The highest BCUT2D eigenvalue weighted by Gasteiger charge is 2.31. The number of benzene rings is 2. The maximum Gasteiger partial charge on any atom is 0.415 e. The number of carbonyl (C=O) groups is 3. The Balaban J connectivity index is 1.53. The zero-order valence-corrected chi connectivity index (χ0v) is 34.2. The highest BCUT2D eigenvalue weighted by molar-refractivity contribution is 7.85. The highest BCUT2D eigenvalue weighted by atomic mass is 32.2. The Morgan fingerprint density at radius 3 is 2.18 bits per heavy atom. The van der Waals surface area contributed by atoms with Crippen molar-refractivity contribution in [1.82, 2.24) is 14.8 Å². The van der Waals surface area contributed by atoms with Crippen molar-refractivity contribution in [3.05, 3.63) is 59.8 Å². The van der Waals surface area contributed by atoms with Gasteiger partial charge in [-0.15, -0.1) is 0 Å². The molecule has 1 fully saturated rings. The van der Waals surface area contributed by atoms with E-state index in [4.69, 9.17) is 13.7 Å². The molecule has 0 radical (unpaired) electrons. The summed E-state index contributed by atoms with van der Waals surface area (Å²) < 4.78 is 80.9. The predicted octanol–water partition coefficient (Wildman–Crippen LogP) is 7.29. The van der Waals surface area contributed by atoms with Crippen molar-refractivity contribution in [2.75, 3.05) is 49.3 Å². The minimum absolute atomic E-state index is 0.00892. The molecule has 312 valence electrons. The molecule has 0 unspecified atom stereocenters. The van der Waals surface area contributed by atoms with Gasteiger partial charge in [-0.3, -0.25) is 13.9 Å². The number of likely N-dealkylation sites (tertiary alicyclic amines) is 1. The Bertz CT molecular complexity index is 2050. The van der Waals surface area contributed by atoms with Crippen molar-refractivity contribution in [2.45, 2.75) is 97.2 Å². The lowest BCUT2D eigenvalue weighted by Gasteiger charge is -2.34. The summed E-state index contributed by atoms with van der Waals surface area (Å²) in [5.41, 5.74) is 0.208. The van der Waals surface area contributed by atoms with Gasteiger partial charge in [0.1, 0.15) is 17.7 Å². The number of anilines is 2. The normalized spacial score (nSPS) is 14.1. The zero-order chi connectivity index (χ0) is 42.2. The van der Waals surface area contributed by atoms with E-state index in [2.05, 4.69) is 22.5 Å². The molecule has 1 aromatic heterocycles. The molecule has 1 aliphatic heterocycles. The van der Waals surface area contributed by atoms with E-state index in [1.807, 2.05) is 0 Å². The average molecular weight is 820 g/mol. The van der Waals surface area contributed by atoms with Crippen molar-refractivity contribution >= 4 is 50.5 Å². The molecule has 17 heteroatoms. The molecule has 13 nitrogen and oxygen atoms in total. The van der Waals surface area contributed by atoms with Gasteiger partial charge in [0.2, 0.25) is 0 Å². The van der Waals surface area contributed by atoms with Crippen LogP contribution in [0.2, 0.25) is 0 Å². The Hall–Kier alpha value is -4.95. The standard InChI is InChI=1S/C40H52F3N5O8S/c1-38(2,3)55-36(50)46-23-19-29(20-24-46)45-33-13-10-14-34-32(33)26-31(48(34)27-40(41,42)43)12-11-22-47(37(51)56-39(4,5)6)30-17-15-28(16-18-30)35(49)44-21-8-9-25-54-57(7,52)53/h10,13-18,26,29,45H,8-9,19-25,27H2,1-7H3,(H,44,49). The number of carbonyl (C=O) groups excluding carboxylic acids is 3. The molecule has 0 bridgehead atoms. The van der Waals surface area contributed by atoms with Gasteiger partial charge in [-0.25, -0.2) is 9.59 Å². The van der Waals surface area contributed by atoms with E-state index >= 15 is 0 Å². The number of unbranched alkanes of at least 4 members (excludes halogenated alkanes) is 1. The highest BCUT2D eigenvalue weighted by Crippen LogP contribution is 2.32. The Morgan fingerprint density at radius 2 is 1.58 bits per heavy atom. The summed E-state index contributed by atoms with van der Waals surface area (Å²) in [4.78, 5) is 41.5. The molecule has 3 aromatic rings. The third-order valence-corrected chi connectivity index (χ3v) is 9.05. The van der Waals surface area contributed by atoms with E-state index in [0.717, 1.165) is 10.8 Å². The van der Waals surface area contributed by atoms with Gasteiger partial charge in [-0.1, -0.05) is 12.0 Å². The van der Waals surface area contributed by atoms with Crippen molar-refractivity contribution in [1.29, 1.82) is 0 Å². The number of halogens is 3. The minimum Gasteiger partial charge on any atom is -0.444 e. The molecule has 2 heterocycles. The number of alkyl halides is 3. The lowest BCUT2D eigenvalue weighted by Crippen LogP contribution is -2.44. The molecular formula is C40H52F3N5O8S. The van der Waals surface area contributed by atoms with E-state index in [1.165, 1.54) is 29.2 Å². The predicted molar refractivity (Wildman–Crippen MR) is 212 cm³/mol. The Labute approximate surface area is 332 Å². The van der Waals surface area contributed by atoms with Gasteiger partial charge >= 0.3 is 18.4 Å². The molecule has 2 aromatic carbocycles. The smallest absolute Gasteiger partial charge is 0.415 e. The second-order valence-corrected chi connectivity index (χ2v) is 17.4. The molecule has 0 saturated carbocycles. The van der Waals surface area contributed by atoms with Gasteiger partial charge in [0.25, 0.3) is 16.0 Å². The Morgan fingerprint density at radius 1 is 0.930 bits per heavy atom. The van der Waals surface area contributed by atoms with Gasteiger partial charge in [-0.05, 0) is 116 Å². The Kier molecular flexibility index (Phi) is 14.6. The van der Waals surface area contributed by atoms with Gasteiger partial charge < -0.3 is 29.6 Å². The zero-order valence-electron chi connectivity index (χ0n) is 33.4. The average Bonchev–Trinajstić information content (AvgIpc) is 3.43. The number of nitrogens with one attached hydrogen (secondary N) is 2. The van der Waals surface area contributed by atoms with E-state index in [0.29, 0.717) is 66.6 Å². The monoisotopic (exact) mass is 819 g/mol. The maximum absolute atomic E-state index is 13.9. The number of fused-ring (bicyclic) bond motifs is 1. The summed E-state index contributed by atoms with van der Waals surface area (Å²) in [5, 5.41) is 6.75. The van der Waals surface area contributed by atoms with Gasteiger partial charge in [0, 0.05) is 48.0 Å². The number of nitrogens with zero attached hydrogens (tertiary/aromatic N) is 3. The van der Waals surface area contributed by atoms with Crippen molar-refractivity contribution in [3.63, 3.8) is 0 Å². The van der Waals surface area contributed by atoms with Crippen LogP contribution >= 0.6 is 0 Å². The fourth-order valence-electron chi connectivity index (χ4n) is 5.94. The van der Waals surface area contributed by atoms with Crippen LogP contribution in [0, 0.1) is 11.8 Å². The summed E-state index contributed by atoms with van der Waals surface area (Å²) in [5.74, 6) is 5.34. The van der Waals surface area contributed by atoms with Crippen LogP contribution in [-0.4, -0.2) is 98.4 Å². The van der Waals surface area contributed by atoms with Gasteiger partial charge in [0.15, 0.2) is 0 Å². The molecule has 2 N–H and O–H groups in total. The van der Waals surface area contributed by atoms with Crippen molar-refractivity contribution < 1.29 is 49.6 Å². The largest absolute Gasteiger partial charge is 0.444 e. The summed E-state index contributed by atoms with van der Waals surface area (Å²) in [6.07, 6.45) is -2.58. The van der Waals surface area contributed by atoms with Crippen LogP contribution in [0.5, 0.6) is 0 Å². The summed E-state index contributed by atoms with van der Waals surface area (Å²) in [6, 6.07) is 12.7. The van der Waals surface area contributed by atoms with E-state index in [9.17, 15) is 36.0 Å². The second-order valence-electron chi connectivity index (χ2n) is 15.8. The van der Waals surface area contributed by atoms with E-state index in [-0.39, 0.29) is 43.4 Å². The van der Waals surface area contributed by atoms with Crippen LogP contribution in [-0.2, 0) is 30.3 Å². The topological polar surface area (TPSA) is 149 Å². The first-order valence-corrected chi connectivity index (χ1v) is 20.5. The fourth-order valence-corrected chi connectivity index (χ4v) is 6.36. The molecule has 1 aliphatic rings. The molecule has 0 spiro atoms.